The zero-order chi connectivity index (χ0) is 17.2. The zero-order valence-electron chi connectivity index (χ0n) is 13.4. The third-order valence-electron chi connectivity index (χ3n) is 4.23. The summed E-state index contributed by atoms with van der Waals surface area (Å²) in [6.45, 7) is 0.516. The third kappa shape index (κ3) is 2.98. The van der Waals surface area contributed by atoms with E-state index in [2.05, 4.69) is 10.4 Å². The molecule has 2 aromatic carbocycles. The van der Waals surface area contributed by atoms with E-state index in [-0.39, 0.29) is 11.9 Å². The summed E-state index contributed by atoms with van der Waals surface area (Å²) in [4.78, 5) is 12.9. The minimum absolute atomic E-state index is 0.138. The lowest BCUT2D eigenvalue weighted by atomic mass is 10.00. The van der Waals surface area contributed by atoms with Crippen LogP contribution in [0.3, 0.4) is 0 Å². The van der Waals surface area contributed by atoms with Gasteiger partial charge in [0, 0.05) is 24.4 Å². The molecule has 6 heteroatoms. The number of amides is 1. The Balaban J connectivity index is 1.64. The van der Waals surface area contributed by atoms with Crippen LogP contribution in [0.5, 0.6) is 5.75 Å². The quantitative estimate of drug-likeness (QED) is 0.779. The Bertz CT molecular complexity index is 909. The zero-order valence-corrected chi connectivity index (χ0v) is 14.1. The van der Waals surface area contributed by atoms with Crippen LogP contribution in [-0.2, 0) is 0 Å². The maximum absolute atomic E-state index is 12.9. The van der Waals surface area contributed by atoms with Gasteiger partial charge in [-0.15, -0.1) is 0 Å². The largest absolute Gasteiger partial charge is 0.492 e. The summed E-state index contributed by atoms with van der Waals surface area (Å²) in [6.07, 6.45) is 4.20. The van der Waals surface area contributed by atoms with E-state index in [0.29, 0.717) is 29.4 Å². The molecule has 1 atom stereocenters. The molecule has 25 heavy (non-hydrogen) atoms. The highest BCUT2D eigenvalue weighted by Gasteiger charge is 2.25. The third-order valence-corrected chi connectivity index (χ3v) is 4.53. The Kier molecular flexibility index (Phi) is 4.15. The molecule has 1 unspecified atom stereocenters. The second-order valence-electron chi connectivity index (χ2n) is 5.79. The average Bonchev–Trinajstić information content (AvgIpc) is 3.17. The number of halogens is 1. The van der Waals surface area contributed by atoms with Gasteiger partial charge in [0.1, 0.15) is 5.75 Å². The van der Waals surface area contributed by atoms with Crippen LogP contribution in [0, 0.1) is 0 Å². The predicted molar refractivity (Wildman–Crippen MR) is 95.3 cm³/mol. The summed E-state index contributed by atoms with van der Waals surface area (Å²) in [5.74, 6) is 0.505. The van der Waals surface area contributed by atoms with E-state index in [1.165, 1.54) is 0 Å². The number of nitrogens with one attached hydrogen (secondary N) is 1. The molecule has 1 aromatic heterocycles. The smallest absolute Gasteiger partial charge is 0.253 e. The first-order chi connectivity index (χ1) is 12.2. The first-order valence-electron chi connectivity index (χ1n) is 8.05. The van der Waals surface area contributed by atoms with Crippen LogP contribution >= 0.6 is 11.6 Å². The van der Waals surface area contributed by atoms with Gasteiger partial charge in [-0.1, -0.05) is 35.9 Å². The summed E-state index contributed by atoms with van der Waals surface area (Å²) in [5.41, 5.74) is 2.22. The fourth-order valence-corrected chi connectivity index (χ4v) is 3.29. The van der Waals surface area contributed by atoms with Gasteiger partial charge in [0.05, 0.1) is 28.9 Å². The van der Waals surface area contributed by atoms with Crippen molar-refractivity contribution >= 4 is 17.5 Å². The second kappa shape index (κ2) is 6.61. The van der Waals surface area contributed by atoms with Crippen molar-refractivity contribution in [1.29, 1.82) is 0 Å². The topological polar surface area (TPSA) is 56.1 Å². The molecule has 0 saturated carbocycles. The molecule has 0 spiro atoms. The van der Waals surface area contributed by atoms with E-state index in [9.17, 15) is 4.79 Å². The highest BCUT2D eigenvalue weighted by Crippen LogP contribution is 2.37. The SMILES string of the molecule is O=C(NC1CCOc2c(Cl)cccc21)c1ccccc1-n1cccn1. The highest BCUT2D eigenvalue weighted by atomic mass is 35.5. The maximum Gasteiger partial charge on any atom is 0.253 e. The molecule has 1 aliphatic rings. The van der Waals surface area contributed by atoms with E-state index in [4.69, 9.17) is 16.3 Å². The molecular weight excluding hydrogens is 338 g/mol. The highest BCUT2D eigenvalue weighted by molar-refractivity contribution is 6.32. The number of benzene rings is 2. The summed E-state index contributed by atoms with van der Waals surface area (Å²) < 4.78 is 7.34. The lowest BCUT2D eigenvalue weighted by Gasteiger charge is -2.27. The van der Waals surface area contributed by atoms with Crippen LogP contribution in [-0.4, -0.2) is 22.3 Å². The Labute approximate surface area is 150 Å². The summed E-state index contributed by atoms with van der Waals surface area (Å²) >= 11 is 6.20. The first kappa shape index (κ1) is 15.7. The van der Waals surface area contributed by atoms with Gasteiger partial charge < -0.3 is 10.1 Å². The number of hydrogen-bond donors (Lipinski definition) is 1. The number of carbonyl (C=O) groups excluding carboxylic acids is 1. The molecule has 1 aliphatic heterocycles. The van der Waals surface area contributed by atoms with Gasteiger partial charge in [0.15, 0.2) is 0 Å². The molecule has 0 radical (unpaired) electrons. The summed E-state index contributed by atoms with van der Waals surface area (Å²) in [5, 5.41) is 7.89. The molecule has 0 fully saturated rings. The minimum atomic E-state index is -0.149. The molecule has 1 N–H and O–H groups in total. The first-order valence-corrected chi connectivity index (χ1v) is 8.43. The molecule has 4 rings (SSSR count). The Morgan fingerprint density at radius 1 is 1.20 bits per heavy atom. The van der Waals surface area contributed by atoms with E-state index < -0.39 is 0 Å². The molecule has 2 heterocycles. The molecule has 0 bridgehead atoms. The van der Waals surface area contributed by atoms with Gasteiger partial charge in [0.2, 0.25) is 0 Å². The molecule has 5 nitrogen and oxygen atoms in total. The lowest BCUT2D eigenvalue weighted by molar-refractivity contribution is 0.0924. The average molecular weight is 354 g/mol. The van der Waals surface area contributed by atoms with E-state index >= 15 is 0 Å². The fraction of sp³-hybridized carbons (Fsp3) is 0.158. The van der Waals surface area contributed by atoms with E-state index in [0.717, 1.165) is 11.3 Å². The van der Waals surface area contributed by atoms with Gasteiger partial charge in [-0.2, -0.15) is 5.10 Å². The normalized spacial score (nSPS) is 16.0. The van der Waals surface area contributed by atoms with Crippen molar-refractivity contribution < 1.29 is 9.53 Å². The standard InChI is InChI=1S/C19H16ClN3O2/c20-15-7-3-6-13-16(9-12-25-18(13)15)22-19(24)14-5-1-2-8-17(14)23-11-4-10-21-23/h1-8,10-11,16H,9,12H2,(H,22,24). The van der Waals surface area contributed by atoms with E-state index in [1.54, 1.807) is 23.0 Å². The van der Waals surface area contributed by atoms with Gasteiger partial charge in [-0.25, -0.2) is 4.68 Å². The summed E-state index contributed by atoms with van der Waals surface area (Å²) in [6, 6.07) is 14.7. The molecule has 0 saturated heterocycles. The number of para-hydroxylation sites is 2. The van der Waals surface area contributed by atoms with Crippen LogP contribution in [0.1, 0.15) is 28.4 Å². The Morgan fingerprint density at radius 2 is 2.08 bits per heavy atom. The van der Waals surface area contributed by atoms with Crippen molar-refractivity contribution in [2.45, 2.75) is 12.5 Å². The van der Waals surface area contributed by atoms with Gasteiger partial charge in [0.25, 0.3) is 5.91 Å². The van der Waals surface area contributed by atoms with Crippen molar-refractivity contribution in [3.05, 3.63) is 77.1 Å². The summed E-state index contributed by atoms with van der Waals surface area (Å²) in [7, 11) is 0. The number of nitrogens with zero attached hydrogens (tertiary/aromatic N) is 2. The van der Waals surface area contributed by atoms with Crippen molar-refractivity contribution in [3.8, 4) is 11.4 Å². The van der Waals surface area contributed by atoms with Crippen LogP contribution in [0.4, 0.5) is 0 Å². The number of carbonyl (C=O) groups is 1. The minimum Gasteiger partial charge on any atom is -0.492 e. The molecular formula is C19H16ClN3O2. The van der Waals surface area contributed by atoms with Crippen molar-refractivity contribution in [2.24, 2.45) is 0 Å². The van der Waals surface area contributed by atoms with Crippen molar-refractivity contribution in [2.75, 3.05) is 6.61 Å². The number of rotatable bonds is 3. The molecule has 1 amide bonds. The number of fused-ring (bicyclic) bond motifs is 1. The predicted octanol–water partition coefficient (Wildman–Crippen LogP) is 3.78. The Hall–Kier alpha value is -2.79. The van der Waals surface area contributed by atoms with Crippen LogP contribution in [0.25, 0.3) is 5.69 Å². The van der Waals surface area contributed by atoms with Gasteiger partial charge >= 0.3 is 0 Å². The van der Waals surface area contributed by atoms with Crippen LogP contribution in [0.15, 0.2) is 60.9 Å². The fourth-order valence-electron chi connectivity index (χ4n) is 3.05. The second-order valence-corrected chi connectivity index (χ2v) is 6.20. The lowest BCUT2D eigenvalue weighted by Crippen LogP contribution is -2.32. The number of hydrogen-bond acceptors (Lipinski definition) is 3. The van der Waals surface area contributed by atoms with Crippen LogP contribution < -0.4 is 10.1 Å². The maximum atomic E-state index is 12.9. The molecule has 0 aliphatic carbocycles. The number of aromatic nitrogens is 2. The monoisotopic (exact) mass is 353 g/mol. The van der Waals surface area contributed by atoms with Crippen molar-refractivity contribution in [1.82, 2.24) is 15.1 Å². The van der Waals surface area contributed by atoms with Gasteiger partial charge in [-0.05, 0) is 24.3 Å². The Morgan fingerprint density at radius 3 is 2.92 bits per heavy atom. The van der Waals surface area contributed by atoms with Crippen LogP contribution in [0.2, 0.25) is 5.02 Å². The number of ether oxygens (including phenoxy) is 1. The van der Waals surface area contributed by atoms with Gasteiger partial charge in [-0.3, -0.25) is 4.79 Å². The van der Waals surface area contributed by atoms with E-state index in [1.807, 2.05) is 42.6 Å². The molecule has 126 valence electrons. The molecule has 3 aromatic rings. The van der Waals surface area contributed by atoms with Crippen molar-refractivity contribution in [3.63, 3.8) is 0 Å².